The van der Waals surface area contributed by atoms with Crippen LogP contribution in [0.4, 0.5) is 5.69 Å². The van der Waals surface area contributed by atoms with Crippen LogP contribution in [-0.2, 0) is 13.6 Å². The summed E-state index contributed by atoms with van der Waals surface area (Å²) in [6.45, 7) is 10.5. The lowest BCUT2D eigenvalue weighted by atomic mass is 10.0. The lowest BCUT2D eigenvalue weighted by molar-refractivity contribution is 0.197. The van der Waals surface area contributed by atoms with E-state index in [1.165, 1.54) is 0 Å². The molecule has 1 aromatic rings. The van der Waals surface area contributed by atoms with Crippen LogP contribution >= 0.6 is 7.60 Å². The van der Waals surface area contributed by atoms with Gasteiger partial charge in [0.25, 0.3) is 0 Å². The molecule has 1 atom stereocenters. The van der Waals surface area contributed by atoms with Crippen molar-refractivity contribution in [1.29, 1.82) is 0 Å². The highest BCUT2D eigenvalue weighted by Crippen LogP contribution is 2.61. The quantitative estimate of drug-likeness (QED) is 0.642. The van der Waals surface area contributed by atoms with Crippen LogP contribution < -0.4 is 5.32 Å². The zero-order chi connectivity index (χ0) is 15.9. The molecule has 0 radical (unpaired) electrons. The second kappa shape index (κ2) is 7.98. The molecule has 21 heavy (non-hydrogen) atoms. The SMILES string of the molecule is CCOP(=O)(OCC)C(C)(CC(C)C)Nc1ccccc1. The molecule has 0 saturated heterocycles. The van der Waals surface area contributed by atoms with Gasteiger partial charge in [0.05, 0.1) is 13.2 Å². The van der Waals surface area contributed by atoms with Crippen LogP contribution in [0.25, 0.3) is 0 Å². The number of benzene rings is 1. The van der Waals surface area contributed by atoms with E-state index in [9.17, 15) is 4.57 Å². The minimum absolute atomic E-state index is 0.362. The van der Waals surface area contributed by atoms with E-state index in [1.807, 2.05) is 51.1 Å². The van der Waals surface area contributed by atoms with Gasteiger partial charge in [-0.1, -0.05) is 32.0 Å². The lowest BCUT2D eigenvalue weighted by Crippen LogP contribution is -2.37. The first-order valence-corrected chi connectivity index (χ1v) is 9.13. The summed E-state index contributed by atoms with van der Waals surface area (Å²) >= 11 is 0. The summed E-state index contributed by atoms with van der Waals surface area (Å²) in [5, 5.41) is 2.63. The highest BCUT2D eigenvalue weighted by molar-refractivity contribution is 7.55. The summed E-state index contributed by atoms with van der Waals surface area (Å²) in [7, 11) is -3.27. The van der Waals surface area contributed by atoms with Crippen LogP contribution in [0.3, 0.4) is 0 Å². The molecule has 1 aromatic carbocycles. The molecular weight excluding hydrogens is 285 g/mol. The van der Waals surface area contributed by atoms with Gasteiger partial charge in [-0.05, 0) is 45.2 Å². The minimum atomic E-state index is -3.27. The third-order valence-corrected chi connectivity index (χ3v) is 5.90. The highest BCUT2D eigenvalue weighted by atomic mass is 31.2. The zero-order valence-corrected chi connectivity index (χ0v) is 14.7. The van der Waals surface area contributed by atoms with E-state index >= 15 is 0 Å². The third-order valence-electron chi connectivity index (χ3n) is 3.20. The monoisotopic (exact) mass is 313 g/mol. The van der Waals surface area contributed by atoms with E-state index < -0.39 is 12.9 Å². The van der Waals surface area contributed by atoms with Gasteiger partial charge < -0.3 is 14.4 Å². The molecule has 1 rings (SSSR count). The van der Waals surface area contributed by atoms with Crippen molar-refractivity contribution in [2.45, 2.75) is 46.3 Å². The van der Waals surface area contributed by atoms with Gasteiger partial charge in [0.1, 0.15) is 5.28 Å². The predicted molar refractivity (Wildman–Crippen MR) is 88.8 cm³/mol. The molecule has 1 unspecified atom stereocenters. The van der Waals surface area contributed by atoms with Gasteiger partial charge >= 0.3 is 7.60 Å². The van der Waals surface area contributed by atoms with Crippen LogP contribution in [0.2, 0.25) is 0 Å². The lowest BCUT2D eigenvalue weighted by Gasteiger charge is -2.38. The molecule has 0 aliphatic rings. The molecule has 1 N–H and O–H groups in total. The first kappa shape index (κ1) is 18.2. The van der Waals surface area contributed by atoms with Gasteiger partial charge in [-0.15, -0.1) is 0 Å². The first-order chi connectivity index (χ1) is 9.87. The van der Waals surface area contributed by atoms with Crippen LogP contribution in [-0.4, -0.2) is 18.5 Å². The van der Waals surface area contributed by atoms with Crippen molar-refractivity contribution in [3.05, 3.63) is 30.3 Å². The van der Waals surface area contributed by atoms with E-state index in [0.29, 0.717) is 25.6 Å². The Kier molecular flexibility index (Phi) is 6.92. The summed E-state index contributed by atoms with van der Waals surface area (Å²) in [6.07, 6.45) is 0.694. The van der Waals surface area contributed by atoms with E-state index in [2.05, 4.69) is 19.2 Å². The Balaban J connectivity index is 3.14. The normalized spacial score (nSPS) is 15.0. The van der Waals surface area contributed by atoms with Crippen molar-refractivity contribution in [3.8, 4) is 0 Å². The molecule has 0 heterocycles. The van der Waals surface area contributed by atoms with Gasteiger partial charge in [0.2, 0.25) is 0 Å². The Morgan fingerprint density at radius 2 is 1.67 bits per heavy atom. The number of hydrogen-bond acceptors (Lipinski definition) is 4. The van der Waals surface area contributed by atoms with Crippen LogP contribution in [0.15, 0.2) is 30.3 Å². The molecule has 120 valence electrons. The van der Waals surface area contributed by atoms with Crippen molar-refractivity contribution in [1.82, 2.24) is 0 Å². The van der Waals surface area contributed by atoms with Crippen molar-refractivity contribution >= 4 is 13.3 Å². The fourth-order valence-electron chi connectivity index (χ4n) is 2.52. The zero-order valence-electron chi connectivity index (χ0n) is 13.8. The number of anilines is 1. The summed E-state index contributed by atoms with van der Waals surface area (Å²) < 4.78 is 24.4. The average molecular weight is 313 g/mol. The summed E-state index contributed by atoms with van der Waals surface area (Å²) in [6, 6.07) is 9.77. The largest absolute Gasteiger partial charge is 0.369 e. The molecule has 0 saturated carbocycles. The Hall–Kier alpha value is -0.830. The topological polar surface area (TPSA) is 47.6 Å². The maximum Gasteiger partial charge on any atom is 0.355 e. The summed E-state index contributed by atoms with van der Waals surface area (Å²) in [5.74, 6) is 0.362. The van der Waals surface area contributed by atoms with E-state index in [1.54, 1.807) is 0 Å². The first-order valence-electron chi connectivity index (χ1n) is 7.59. The molecule has 5 heteroatoms. The number of hydrogen-bond donors (Lipinski definition) is 1. The van der Waals surface area contributed by atoms with Crippen molar-refractivity contribution < 1.29 is 13.6 Å². The summed E-state index contributed by atoms with van der Waals surface area (Å²) in [4.78, 5) is 0. The van der Waals surface area contributed by atoms with E-state index in [4.69, 9.17) is 9.05 Å². The van der Waals surface area contributed by atoms with Gasteiger partial charge in [0.15, 0.2) is 0 Å². The molecule has 0 bridgehead atoms. The van der Waals surface area contributed by atoms with Gasteiger partial charge in [-0.3, -0.25) is 4.57 Å². The van der Waals surface area contributed by atoms with Crippen molar-refractivity contribution in [2.75, 3.05) is 18.5 Å². The Morgan fingerprint density at radius 3 is 2.10 bits per heavy atom. The third kappa shape index (κ3) is 4.84. The second-order valence-corrected chi connectivity index (χ2v) is 8.19. The molecule has 0 aliphatic heterocycles. The molecular formula is C16H28NO3P. The van der Waals surface area contributed by atoms with Gasteiger partial charge in [0, 0.05) is 5.69 Å². The number of para-hydroxylation sites is 1. The fourth-order valence-corrected chi connectivity index (χ4v) is 4.70. The molecule has 0 aliphatic carbocycles. The van der Waals surface area contributed by atoms with Gasteiger partial charge in [-0.25, -0.2) is 0 Å². The van der Waals surface area contributed by atoms with Crippen LogP contribution in [0.1, 0.15) is 41.0 Å². The Morgan fingerprint density at radius 1 is 1.14 bits per heavy atom. The molecule has 4 nitrogen and oxygen atoms in total. The average Bonchev–Trinajstić information content (AvgIpc) is 2.39. The van der Waals surface area contributed by atoms with Crippen LogP contribution in [0.5, 0.6) is 0 Å². The molecule has 0 spiro atoms. The van der Waals surface area contributed by atoms with Crippen LogP contribution in [0, 0.1) is 5.92 Å². The fraction of sp³-hybridized carbons (Fsp3) is 0.625. The predicted octanol–water partition coefficient (Wildman–Crippen LogP) is 5.13. The molecule has 0 fully saturated rings. The molecule has 0 aromatic heterocycles. The van der Waals surface area contributed by atoms with E-state index in [-0.39, 0.29) is 0 Å². The Bertz CT molecular complexity index is 454. The number of rotatable bonds is 9. The van der Waals surface area contributed by atoms with E-state index in [0.717, 1.165) is 5.69 Å². The number of nitrogens with one attached hydrogen (secondary N) is 1. The van der Waals surface area contributed by atoms with Crippen molar-refractivity contribution in [2.24, 2.45) is 5.92 Å². The maximum absolute atomic E-state index is 13.3. The standard InChI is InChI=1S/C16H28NO3P/c1-6-19-21(18,20-7-2)16(5,13-14(3)4)17-15-11-9-8-10-12-15/h8-12,14,17H,6-7,13H2,1-5H3. The minimum Gasteiger partial charge on any atom is -0.369 e. The molecule has 0 amide bonds. The van der Waals surface area contributed by atoms with Gasteiger partial charge in [-0.2, -0.15) is 0 Å². The Labute approximate surface area is 128 Å². The smallest absolute Gasteiger partial charge is 0.355 e. The second-order valence-electron chi connectivity index (χ2n) is 5.70. The summed E-state index contributed by atoms with van der Waals surface area (Å²) in [5.41, 5.74) is 0.917. The van der Waals surface area contributed by atoms with Crippen molar-refractivity contribution in [3.63, 3.8) is 0 Å². The maximum atomic E-state index is 13.3. The highest BCUT2D eigenvalue weighted by Gasteiger charge is 2.47.